The molecule has 10 heteroatoms. The first kappa shape index (κ1) is 16.2. The normalized spacial score (nSPS) is 12.3. The summed E-state index contributed by atoms with van der Waals surface area (Å²) in [6.07, 6.45) is -10.2. The summed E-state index contributed by atoms with van der Waals surface area (Å²) >= 11 is 0. The van der Waals surface area contributed by atoms with Crippen molar-refractivity contribution in [2.75, 3.05) is 13.2 Å². The molecule has 0 aliphatic heterocycles. The fourth-order valence-electron chi connectivity index (χ4n) is 1.23. The average molecular weight is 305 g/mol. The molecule has 0 aliphatic carbocycles. The predicted molar refractivity (Wildman–Crippen MR) is 52.6 cm³/mol. The first-order valence-electron chi connectivity index (χ1n) is 5.14. The Labute approximate surface area is 108 Å². The maximum absolute atomic E-state index is 12.3. The summed E-state index contributed by atoms with van der Waals surface area (Å²) in [6.45, 7) is -4.36. The first-order chi connectivity index (χ1) is 9.07. The van der Waals surface area contributed by atoms with Gasteiger partial charge < -0.3 is 9.15 Å². The number of rotatable bonds is 4. The van der Waals surface area contributed by atoms with Crippen LogP contribution in [0.1, 0.15) is 5.76 Å². The summed E-state index contributed by atoms with van der Waals surface area (Å²) in [4.78, 5) is 11.3. The van der Waals surface area contributed by atoms with Crippen molar-refractivity contribution in [2.45, 2.75) is 18.9 Å². The van der Waals surface area contributed by atoms with Crippen LogP contribution in [0.2, 0.25) is 0 Å². The molecule has 0 aromatic carbocycles. The number of amides is 1. The van der Waals surface area contributed by atoms with Gasteiger partial charge in [-0.1, -0.05) is 0 Å². The summed E-state index contributed by atoms with van der Waals surface area (Å²) in [5, 5.41) is 0. The van der Waals surface area contributed by atoms with Crippen LogP contribution in [0.25, 0.3) is 0 Å². The van der Waals surface area contributed by atoms with Crippen LogP contribution < -0.4 is 0 Å². The van der Waals surface area contributed by atoms with Crippen LogP contribution in [-0.4, -0.2) is 36.5 Å². The Kier molecular flexibility index (Phi) is 4.90. The maximum atomic E-state index is 12.3. The van der Waals surface area contributed by atoms with Gasteiger partial charge in [0.1, 0.15) is 12.3 Å². The maximum Gasteiger partial charge on any atom is 0.422 e. The molecule has 1 aromatic heterocycles. The quantitative estimate of drug-likeness (QED) is 0.801. The van der Waals surface area contributed by atoms with Crippen LogP contribution in [-0.2, 0) is 11.3 Å². The Morgan fingerprint density at radius 3 is 2.30 bits per heavy atom. The van der Waals surface area contributed by atoms with Gasteiger partial charge in [-0.3, -0.25) is 4.90 Å². The van der Waals surface area contributed by atoms with Gasteiger partial charge in [0.05, 0.1) is 12.8 Å². The molecular weight excluding hydrogens is 296 g/mol. The topological polar surface area (TPSA) is 42.7 Å². The molecule has 0 spiro atoms. The van der Waals surface area contributed by atoms with E-state index in [0.29, 0.717) is 0 Å². The van der Waals surface area contributed by atoms with E-state index in [1.807, 2.05) is 0 Å². The standard InChI is InChI=1S/C10H9F6NO3/c11-9(12,13)5-17(4-7-2-1-3-19-7)8(18)20-6-10(14,15)16/h1-3H,4-6H2. The molecule has 1 aromatic rings. The Bertz CT molecular complexity index is 425. The van der Waals surface area contributed by atoms with Crippen LogP contribution in [0.4, 0.5) is 31.1 Å². The highest BCUT2D eigenvalue weighted by molar-refractivity contribution is 5.67. The van der Waals surface area contributed by atoms with E-state index in [0.717, 1.165) is 6.26 Å². The Balaban J connectivity index is 2.68. The molecule has 1 heterocycles. The third kappa shape index (κ3) is 6.34. The minimum atomic E-state index is -4.82. The second-order valence-corrected chi connectivity index (χ2v) is 3.72. The molecule has 0 aliphatic rings. The number of hydrogen-bond acceptors (Lipinski definition) is 3. The number of halogens is 6. The lowest BCUT2D eigenvalue weighted by molar-refractivity contribution is -0.168. The molecule has 0 N–H and O–H groups in total. The number of carbonyl (C=O) groups excluding carboxylic acids is 1. The van der Waals surface area contributed by atoms with Crippen LogP contribution in [0.3, 0.4) is 0 Å². The van der Waals surface area contributed by atoms with Gasteiger partial charge in [-0.25, -0.2) is 4.79 Å². The number of carbonyl (C=O) groups is 1. The van der Waals surface area contributed by atoms with E-state index >= 15 is 0 Å². The number of ether oxygens (including phenoxy) is 1. The van der Waals surface area contributed by atoms with Crippen LogP contribution in [0.15, 0.2) is 22.8 Å². The van der Waals surface area contributed by atoms with Crippen LogP contribution >= 0.6 is 0 Å². The average Bonchev–Trinajstić information content (AvgIpc) is 2.74. The number of hydrogen-bond donors (Lipinski definition) is 0. The fraction of sp³-hybridized carbons (Fsp3) is 0.500. The molecule has 0 saturated heterocycles. The SMILES string of the molecule is O=C(OCC(F)(F)F)N(Cc1ccco1)CC(F)(F)F. The molecule has 114 valence electrons. The highest BCUT2D eigenvalue weighted by Gasteiger charge is 2.36. The lowest BCUT2D eigenvalue weighted by Crippen LogP contribution is -2.40. The van der Waals surface area contributed by atoms with E-state index in [9.17, 15) is 31.1 Å². The van der Waals surface area contributed by atoms with E-state index in [4.69, 9.17) is 4.42 Å². The van der Waals surface area contributed by atoms with E-state index in [-0.39, 0.29) is 10.7 Å². The van der Waals surface area contributed by atoms with Crippen LogP contribution in [0.5, 0.6) is 0 Å². The van der Waals surface area contributed by atoms with Gasteiger partial charge in [-0.05, 0) is 12.1 Å². The number of alkyl halides is 6. The second-order valence-electron chi connectivity index (χ2n) is 3.72. The van der Waals surface area contributed by atoms with Gasteiger partial charge in [0.25, 0.3) is 0 Å². The molecule has 0 unspecified atom stereocenters. The van der Waals surface area contributed by atoms with Gasteiger partial charge in [0.2, 0.25) is 0 Å². The van der Waals surface area contributed by atoms with Crippen molar-refractivity contribution in [2.24, 2.45) is 0 Å². The molecule has 1 amide bonds. The van der Waals surface area contributed by atoms with E-state index in [1.165, 1.54) is 12.1 Å². The Hall–Kier alpha value is -1.87. The molecule has 0 radical (unpaired) electrons. The zero-order valence-corrected chi connectivity index (χ0v) is 9.79. The lowest BCUT2D eigenvalue weighted by Gasteiger charge is -2.22. The molecule has 4 nitrogen and oxygen atoms in total. The van der Waals surface area contributed by atoms with Crippen molar-refractivity contribution in [3.63, 3.8) is 0 Å². The minimum Gasteiger partial charge on any atom is -0.467 e. The van der Waals surface area contributed by atoms with Crippen molar-refractivity contribution in [3.8, 4) is 0 Å². The van der Waals surface area contributed by atoms with E-state index in [2.05, 4.69) is 4.74 Å². The van der Waals surface area contributed by atoms with Gasteiger partial charge in [0.15, 0.2) is 6.61 Å². The van der Waals surface area contributed by atoms with Crippen molar-refractivity contribution in [3.05, 3.63) is 24.2 Å². The predicted octanol–water partition coefficient (Wildman–Crippen LogP) is 3.34. The largest absolute Gasteiger partial charge is 0.467 e. The van der Waals surface area contributed by atoms with Crippen molar-refractivity contribution < 1.29 is 40.3 Å². The monoisotopic (exact) mass is 305 g/mol. The number of furan rings is 1. The third-order valence-corrected chi connectivity index (χ3v) is 1.91. The fourth-order valence-corrected chi connectivity index (χ4v) is 1.23. The van der Waals surface area contributed by atoms with E-state index < -0.39 is 38.1 Å². The highest BCUT2D eigenvalue weighted by Crippen LogP contribution is 2.20. The summed E-state index contributed by atoms with van der Waals surface area (Å²) in [6, 6.07) is 2.64. The summed E-state index contributed by atoms with van der Waals surface area (Å²) in [5.74, 6) is -0.0155. The molecule has 0 bridgehead atoms. The summed E-state index contributed by atoms with van der Waals surface area (Å²) in [5.41, 5.74) is 0. The van der Waals surface area contributed by atoms with Crippen molar-refractivity contribution >= 4 is 6.09 Å². The zero-order chi connectivity index (χ0) is 15.4. The molecule has 0 saturated carbocycles. The van der Waals surface area contributed by atoms with Crippen LogP contribution in [0, 0.1) is 0 Å². The Morgan fingerprint density at radius 1 is 1.20 bits per heavy atom. The van der Waals surface area contributed by atoms with Gasteiger partial charge in [-0.2, -0.15) is 26.3 Å². The second kappa shape index (κ2) is 6.06. The summed E-state index contributed by atoms with van der Waals surface area (Å²) in [7, 11) is 0. The smallest absolute Gasteiger partial charge is 0.422 e. The molecular formula is C10H9F6NO3. The minimum absolute atomic E-state index is 0.0155. The van der Waals surface area contributed by atoms with Gasteiger partial charge >= 0.3 is 18.4 Å². The third-order valence-electron chi connectivity index (χ3n) is 1.91. The highest BCUT2D eigenvalue weighted by atomic mass is 19.4. The summed E-state index contributed by atoms with van der Waals surface area (Å²) < 4.78 is 80.9. The molecule has 0 atom stereocenters. The molecule has 1 rings (SSSR count). The van der Waals surface area contributed by atoms with Crippen molar-refractivity contribution in [1.82, 2.24) is 4.90 Å². The van der Waals surface area contributed by atoms with Crippen molar-refractivity contribution in [1.29, 1.82) is 0 Å². The zero-order valence-electron chi connectivity index (χ0n) is 9.79. The molecule has 0 fully saturated rings. The number of nitrogens with zero attached hydrogens (tertiary/aromatic N) is 1. The molecule has 20 heavy (non-hydrogen) atoms. The first-order valence-corrected chi connectivity index (χ1v) is 5.14. The lowest BCUT2D eigenvalue weighted by atomic mass is 10.4. The van der Waals surface area contributed by atoms with E-state index in [1.54, 1.807) is 0 Å². The van der Waals surface area contributed by atoms with Gasteiger partial charge in [0, 0.05) is 0 Å². The van der Waals surface area contributed by atoms with Gasteiger partial charge in [-0.15, -0.1) is 0 Å². The Morgan fingerprint density at radius 2 is 1.85 bits per heavy atom.